The van der Waals surface area contributed by atoms with Gasteiger partial charge in [0.05, 0.1) is 23.1 Å². The number of methoxy groups -OCH3 is 1. The molecule has 0 atom stereocenters. The van der Waals surface area contributed by atoms with Gasteiger partial charge in [0.15, 0.2) is 5.13 Å². The standard InChI is InChI=1S/C27H34N8O4S2/c1-16-12-21(39-5)20(26(38)35-10-8-34(9-11-35)19(4)37)13-22(16)40-25-15-30-27(41-25)33-24-14-23(31-17(2)32-24)29-7-6-28-18(3)36/h12-15H,6-11H2,1-5H3,(H,28,36)(H2,29,30,31,32,33). The van der Waals surface area contributed by atoms with E-state index in [0.717, 1.165) is 14.7 Å². The number of hydrogen-bond acceptors (Lipinski definition) is 11. The fourth-order valence-electron chi connectivity index (χ4n) is 4.24. The van der Waals surface area contributed by atoms with Gasteiger partial charge >= 0.3 is 0 Å². The van der Waals surface area contributed by atoms with Crippen molar-refractivity contribution in [2.45, 2.75) is 36.8 Å². The van der Waals surface area contributed by atoms with Crippen LogP contribution in [0.3, 0.4) is 0 Å². The molecule has 218 valence electrons. The number of aryl methyl sites for hydroxylation is 2. The van der Waals surface area contributed by atoms with Crippen LogP contribution in [0.1, 0.15) is 35.6 Å². The first-order chi connectivity index (χ1) is 19.6. The van der Waals surface area contributed by atoms with Crippen LogP contribution < -0.4 is 20.7 Å². The molecular weight excluding hydrogens is 564 g/mol. The monoisotopic (exact) mass is 598 g/mol. The number of nitrogens with one attached hydrogen (secondary N) is 3. The average molecular weight is 599 g/mol. The molecule has 1 aliphatic rings. The number of benzene rings is 1. The van der Waals surface area contributed by atoms with E-state index in [2.05, 4.69) is 30.9 Å². The van der Waals surface area contributed by atoms with Crippen molar-refractivity contribution in [2.24, 2.45) is 0 Å². The molecule has 1 fully saturated rings. The second kappa shape index (κ2) is 13.6. The van der Waals surface area contributed by atoms with Crippen LogP contribution in [0.5, 0.6) is 5.75 Å². The van der Waals surface area contributed by atoms with Crippen LogP contribution in [0.4, 0.5) is 16.8 Å². The molecule has 3 heterocycles. The van der Waals surface area contributed by atoms with E-state index < -0.39 is 0 Å². The highest BCUT2D eigenvalue weighted by atomic mass is 32.2. The number of anilines is 3. The van der Waals surface area contributed by atoms with Gasteiger partial charge in [0.2, 0.25) is 11.8 Å². The minimum Gasteiger partial charge on any atom is -0.496 e. The van der Waals surface area contributed by atoms with Gasteiger partial charge in [-0.3, -0.25) is 14.4 Å². The van der Waals surface area contributed by atoms with E-state index in [1.165, 1.54) is 30.0 Å². The van der Waals surface area contributed by atoms with Gasteiger partial charge in [-0.05, 0) is 31.5 Å². The van der Waals surface area contributed by atoms with Gasteiger partial charge in [0.1, 0.15) is 23.2 Å². The summed E-state index contributed by atoms with van der Waals surface area (Å²) in [7, 11) is 1.56. The molecule has 14 heteroatoms. The third-order valence-corrected chi connectivity index (χ3v) is 8.49. The van der Waals surface area contributed by atoms with E-state index in [4.69, 9.17) is 4.74 Å². The number of nitrogens with zero attached hydrogens (tertiary/aromatic N) is 5. The molecule has 2 aromatic heterocycles. The van der Waals surface area contributed by atoms with Crippen molar-refractivity contribution in [3.8, 4) is 5.75 Å². The number of rotatable bonds is 10. The summed E-state index contributed by atoms with van der Waals surface area (Å²) in [6.45, 7) is 9.85. The summed E-state index contributed by atoms with van der Waals surface area (Å²) in [5.74, 6) is 2.19. The number of thiazole rings is 1. The third-order valence-electron chi connectivity index (χ3n) is 6.31. The van der Waals surface area contributed by atoms with Crippen LogP contribution >= 0.6 is 23.1 Å². The first-order valence-corrected chi connectivity index (χ1v) is 14.7. The highest BCUT2D eigenvalue weighted by Gasteiger charge is 2.26. The van der Waals surface area contributed by atoms with Crippen LogP contribution in [0.25, 0.3) is 0 Å². The normalized spacial score (nSPS) is 13.1. The maximum atomic E-state index is 13.4. The number of carbonyl (C=O) groups excluding carboxylic acids is 3. The van der Waals surface area contributed by atoms with E-state index in [0.29, 0.717) is 73.2 Å². The summed E-state index contributed by atoms with van der Waals surface area (Å²) < 4.78 is 6.50. The Hall–Kier alpha value is -3.91. The van der Waals surface area contributed by atoms with Crippen LogP contribution in [-0.2, 0) is 9.59 Å². The number of hydrogen-bond donors (Lipinski definition) is 3. The zero-order valence-corrected chi connectivity index (χ0v) is 25.4. The van der Waals surface area contributed by atoms with Gasteiger partial charge in [0.25, 0.3) is 5.91 Å². The van der Waals surface area contributed by atoms with E-state index in [1.54, 1.807) is 36.1 Å². The van der Waals surface area contributed by atoms with Gasteiger partial charge in [0, 0.05) is 64.1 Å². The van der Waals surface area contributed by atoms with E-state index >= 15 is 0 Å². The van der Waals surface area contributed by atoms with Crippen LogP contribution in [0, 0.1) is 13.8 Å². The van der Waals surface area contributed by atoms with Crippen molar-refractivity contribution in [3.05, 3.63) is 41.3 Å². The number of carbonyl (C=O) groups is 3. The van der Waals surface area contributed by atoms with Crippen molar-refractivity contribution in [1.82, 2.24) is 30.1 Å². The molecule has 12 nitrogen and oxygen atoms in total. The molecule has 0 unspecified atom stereocenters. The SMILES string of the molecule is COc1cc(C)c(Sc2cnc(Nc3cc(NCCNC(C)=O)nc(C)n3)s2)cc1C(=O)N1CCN(C(C)=O)CC1. The number of ether oxygens (including phenoxy) is 1. The second-order valence-corrected chi connectivity index (χ2v) is 11.8. The quantitative estimate of drug-likeness (QED) is 0.298. The lowest BCUT2D eigenvalue weighted by Crippen LogP contribution is -2.50. The Balaban J connectivity index is 1.44. The molecule has 1 aliphatic heterocycles. The largest absolute Gasteiger partial charge is 0.496 e. The topological polar surface area (TPSA) is 142 Å². The first kappa shape index (κ1) is 30.1. The molecule has 0 saturated carbocycles. The van der Waals surface area contributed by atoms with Crippen molar-refractivity contribution in [3.63, 3.8) is 0 Å². The van der Waals surface area contributed by atoms with Crippen LogP contribution in [0.15, 0.2) is 33.5 Å². The fourth-order valence-corrected chi connectivity index (χ4v) is 6.18. The average Bonchev–Trinajstić information content (AvgIpc) is 3.37. The lowest BCUT2D eigenvalue weighted by Gasteiger charge is -2.34. The Morgan fingerprint density at radius 1 is 1.00 bits per heavy atom. The maximum Gasteiger partial charge on any atom is 0.257 e. The van der Waals surface area contributed by atoms with Crippen molar-refractivity contribution >= 4 is 57.6 Å². The first-order valence-electron chi connectivity index (χ1n) is 13.1. The summed E-state index contributed by atoms with van der Waals surface area (Å²) in [5.41, 5.74) is 1.48. The smallest absolute Gasteiger partial charge is 0.257 e. The van der Waals surface area contributed by atoms with E-state index in [-0.39, 0.29) is 17.7 Å². The molecule has 41 heavy (non-hydrogen) atoms. The van der Waals surface area contributed by atoms with E-state index in [1.807, 2.05) is 26.0 Å². The molecule has 0 radical (unpaired) electrons. The highest BCUT2D eigenvalue weighted by molar-refractivity contribution is 8.01. The molecule has 3 N–H and O–H groups in total. The highest BCUT2D eigenvalue weighted by Crippen LogP contribution is 2.39. The van der Waals surface area contributed by atoms with Gasteiger partial charge < -0.3 is 30.5 Å². The number of aromatic nitrogens is 3. The minimum absolute atomic E-state index is 0.0211. The lowest BCUT2D eigenvalue weighted by molar-refractivity contribution is -0.130. The molecule has 3 amide bonds. The van der Waals surface area contributed by atoms with Crippen molar-refractivity contribution in [1.29, 1.82) is 0 Å². The number of piperazine rings is 1. The molecule has 1 aromatic carbocycles. The Labute approximate surface area is 247 Å². The molecule has 4 rings (SSSR count). The predicted molar refractivity (Wildman–Crippen MR) is 159 cm³/mol. The zero-order chi connectivity index (χ0) is 29.5. The predicted octanol–water partition coefficient (Wildman–Crippen LogP) is 3.31. The lowest BCUT2D eigenvalue weighted by atomic mass is 10.1. The molecule has 0 spiro atoms. The summed E-state index contributed by atoms with van der Waals surface area (Å²) in [5, 5.41) is 9.83. The summed E-state index contributed by atoms with van der Waals surface area (Å²) in [6, 6.07) is 5.54. The molecular formula is C27H34N8O4S2. The molecule has 1 saturated heterocycles. The van der Waals surface area contributed by atoms with Crippen LogP contribution in [-0.4, -0.2) is 88.9 Å². The van der Waals surface area contributed by atoms with Crippen molar-refractivity contribution in [2.75, 3.05) is 57.0 Å². The van der Waals surface area contributed by atoms with Gasteiger partial charge in [-0.15, -0.1) is 0 Å². The van der Waals surface area contributed by atoms with Crippen LogP contribution in [0.2, 0.25) is 0 Å². The molecule has 0 aliphatic carbocycles. The Morgan fingerprint density at radius 3 is 2.39 bits per heavy atom. The Kier molecular flexibility index (Phi) is 10.00. The number of amides is 3. The maximum absolute atomic E-state index is 13.4. The third kappa shape index (κ3) is 8.07. The van der Waals surface area contributed by atoms with E-state index in [9.17, 15) is 14.4 Å². The molecule has 3 aromatic rings. The molecule has 0 bridgehead atoms. The second-order valence-electron chi connectivity index (χ2n) is 9.42. The van der Waals surface area contributed by atoms with Crippen molar-refractivity contribution < 1.29 is 19.1 Å². The summed E-state index contributed by atoms with van der Waals surface area (Å²) in [4.78, 5) is 53.9. The van der Waals surface area contributed by atoms with Gasteiger partial charge in [-0.25, -0.2) is 15.0 Å². The Bertz CT molecular complexity index is 1420. The zero-order valence-electron chi connectivity index (χ0n) is 23.7. The van der Waals surface area contributed by atoms with Gasteiger partial charge in [-0.2, -0.15) is 0 Å². The van der Waals surface area contributed by atoms with Gasteiger partial charge in [-0.1, -0.05) is 23.1 Å². The summed E-state index contributed by atoms with van der Waals surface area (Å²) >= 11 is 3.00. The fraction of sp³-hybridized carbons (Fsp3) is 0.407. The minimum atomic E-state index is -0.112. The Morgan fingerprint density at radius 2 is 1.71 bits per heavy atom. The summed E-state index contributed by atoms with van der Waals surface area (Å²) in [6.07, 6.45) is 1.78.